The number of anilines is 2. The zero-order chi connectivity index (χ0) is 22.1. The van der Waals surface area contributed by atoms with Crippen LogP contribution in [0.25, 0.3) is 10.9 Å². The Bertz CT molecular complexity index is 1100. The van der Waals surface area contributed by atoms with Gasteiger partial charge < -0.3 is 15.4 Å². The van der Waals surface area contributed by atoms with E-state index in [0.29, 0.717) is 27.2 Å². The van der Waals surface area contributed by atoms with Crippen LogP contribution in [0.4, 0.5) is 29.3 Å². The molecular weight excluding hydrogens is 421 g/mol. The van der Waals surface area contributed by atoms with Crippen molar-refractivity contribution < 1.29 is 22.7 Å². The molecule has 1 aromatic carbocycles. The number of carbonyl (C=O) groups excluding carboxylic acids is 1. The maximum atomic E-state index is 12.8. The van der Waals surface area contributed by atoms with Crippen molar-refractivity contribution in [3.05, 3.63) is 59.0 Å². The van der Waals surface area contributed by atoms with Crippen LogP contribution in [0, 0.1) is 0 Å². The van der Waals surface area contributed by atoms with Gasteiger partial charge in [0.1, 0.15) is 5.69 Å². The Morgan fingerprint density at radius 3 is 2.50 bits per heavy atom. The summed E-state index contributed by atoms with van der Waals surface area (Å²) >= 11 is 6.13. The number of nitrogens with one attached hydrogen (secondary N) is 2. The minimum Gasteiger partial charge on any atom is -0.374 e. The highest BCUT2D eigenvalue weighted by molar-refractivity contribution is 6.31. The molecule has 2 amide bonds. The van der Waals surface area contributed by atoms with E-state index in [4.69, 9.17) is 16.3 Å². The third-order valence-corrected chi connectivity index (χ3v) is 4.73. The van der Waals surface area contributed by atoms with Gasteiger partial charge in [-0.15, -0.1) is 0 Å². The molecule has 0 fully saturated rings. The molecule has 0 radical (unpaired) electrons. The fourth-order valence-corrected chi connectivity index (χ4v) is 3.13. The third-order valence-electron chi connectivity index (χ3n) is 4.50. The van der Waals surface area contributed by atoms with Crippen molar-refractivity contribution >= 4 is 39.9 Å². The molecule has 0 saturated heterocycles. The number of nitrogens with zero attached hydrogens (tertiary/aromatic N) is 2. The van der Waals surface area contributed by atoms with Gasteiger partial charge in [-0.25, -0.2) is 4.79 Å². The first-order valence-corrected chi connectivity index (χ1v) is 9.14. The summed E-state index contributed by atoms with van der Waals surface area (Å²) in [5.41, 5.74) is -0.385. The van der Waals surface area contributed by atoms with Crippen LogP contribution in [0.1, 0.15) is 25.1 Å². The summed E-state index contributed by atoms with van der Waals surface area (Å²) in [6.07, 6.45) is -2.19. The molecule has 2 aromatic heterocycles. The fourth-order valence-electron chi connectivity index (χ4n) is 2.96. The summed E-state index contributed by atoms with van der Waals surface area (Å²) in [5.74, 6) is 0. The number of urea groups is 1. The topological polar surface area (TPSA) is 76.1 Å². The quantitative estimate of drug-likeness (QED) is 0.537. The number of halogens is 4. The highest BCUT2D eigenvalue weighted by Gasteiger charge is 2.32. The Hall–Kier alpha value is -2.91. The molecule has 158 valence electrons. The number of ether oxygens (including phenoxy) is 1. The molecule has 10 heteroatoms. The highest BCUT2D eigenvalue weighted by atomic mass is 35.5. The van der Waals surface area contributed by atoms with E-state index >= 15 is 0 Å². The van der Waals surface area contributed by atoms with E-state index in [1.165, 1.54) is 19.4 Å². The van der Waals surface area contributed by atoms with Gasteiger partial charge in [-0.2, -0.15) is 13.2 Å². The summed E-state index contributed by atoms with van der Waals surface area (Å²) in [4.78, 5) is 20.1. The molecule has 30 heavy (non-hydrogen) atoms. The van der Waals surface area contributed by atoms with Crippen molar-refractivity contribution in [3.63, 3.8) is 0 Å². The Balaban J connectivity index is 1.96. The first-order valence-electron chi connectivity index (χ1n) is 8.76. The smallest absolute Gasteiger partial charge is 0.374 e. The molecule has 0 unspecified atom stereocenters. The maximum absolute atomic E-state index is 12.8. The molecule has 0 saturated carbocycles. The molecule has 3 aromatic rings. The van der Waals surface area contributed by atoms with E-state index in [2.05, 4.69) is 20.6 Å². The van der Waals surface area contributed by atoms with E-state index in [1.54, 1.807) is 18.2 Å². The van der Waals surface area contributed by atoms with Crippen LogP contribution in [0.5, 0.6) is 0 Å². The standard InChI is InChI=1S/C20H18ClF3N4O2/c1-19(2,30-3)17-13-8-11(21)4-5-14(13)26-10-15(17)28-18(29)27-12-6-7-25-16(9-12)20(22,23)24/h4-10H,1-3H3,(H2,25,27,28,29). The van der Waals surface area contributed by atoms with Crippen LogP contribution in [0.15, 0.2) is 42.7 Å². The lowest BCUT2D eigenvalue weighted by Gasteiger charge is -2.28. The number of hydrogen-bond donors (Lipinski definition) is 2. The van der Waals surface area contributed by atoms with E-state index < -0.39 is 23.5 Å². The minimum atomic E-state index is -4.62. The number of fused-ring (bicyclic) bond motifs is 1. The van der Waals surface area contributed by atoms with Crippen molar-refractivity contribution in [1.29, 1.82) is 0 Å². The number of methoxy groups -OCH3 is 1. The van der Waals surface area contributed by atoms with Crippen LogP contribution in [-0.4, -0.2) is 23.1 Å². The van der Waals surface area contributed by atoms with Crippen LogP contribution in [0.2, 0.25) is 5.02 Å². The van der Waals surface area contributed by atoms with Crippen molar-refractivity contribution in [3.8, 4) is 0 Å². The summed E-state index contributed by atoms with van der Waals surface area (Å²) in [6, 6.07) is 6.41. The Morgan fingerprint density at radius 1 is 1.10 bits per heavy atom. The molecule has 6 nitrogen and oxygen atoms in total. The Morgan fingerprint density at radius 2 is 1.83 bits per heavy atom. The van der Waals surface area contributed by atoms with Crippen molar-refractivity contribution in [1.82, 2.24) is 9.97 Å². The minimum absolute atomic E-state index is 0.0563. The predicted octanol–water partition coefficient (Wildman–Crippen LogP) is 5.83. The second-order valence-corrected chi connectivity index (χ2v) is 7.37. The number of alkyl halides is 3. The van der Waals surface area contributed by atoms with Crippen LogP contribution in [-0.2, 0) is 16.5 Å². The number of amides is 2. The monoisotopic (exact) mass is 438 g/mol. The first kappa shape index (κ1) is 21.8. The van der Waals surface area contributed by atoms with Crippen molar-refractivity contribution in [2.75, 3.05) is 17.7 Å². The average molecular weight is 439 g/mol. The van der Waals surface area contributed by atoms with E-state index in [1.807, 2.05) is 13.8 Å². The highest BCUT2D eigenvalue weighted by Crippen LogP contribution is 2.37. The second kappa shape index (κ2) is 8.08. The zero-order valence-electron chi connectivity index (χ0n) is 16.3. The molecule has 0 aliphatic rings. The molecule has 0 bridgehead atoms. The predicted molar refractivity (Wildman–Crippen MR) is 109 cm³/mol. The van der Waals surface area contributed by atoms with Gasteiger partial charge in [-0.05, 0) is 44.2 Å². The number of pyridine rings is 2. The zero-order valence-corrected chi connectivity index (χ0v) is 17.0. The maximum Gasteiger partial charge on any atom is 0.433 e. The molecule has 0 aliphatic carbocycles. The summed E-state index contributed by atoms with van der Waals surface area (Å²) < 4.78 is 44.1. The normalized spacial score (nSPS) is 12.1. The van der Waals surface area contributed by atoms with Gasteiger partial charge in [0.2, 0.25) is 0 Å². The lowest BCUT2D eigenvalue weighted by atomic mass is 9.92. The van der Waals surface area contributed by atoms with Crippen molar-refractivity contribution in [2.45, 2.75) is 25.6 Å². The summed E-state index contributed by atoms with van der Waals surface area (Å²) in [6.45, 7) is 3.62. The molecule has 2 N–H and O–H groups in total. The number of aromatic nitrogens is 2. The number of carbonyl (C=O) groups is 1. The molecule has 2 heterocycles. The van der Waals surface area contributed by atoms with Crippen LogP contribution < -0.4 is 10.6 Å². The number of benzene rings is 1. The van der Waals surface area contributed by atoms with Crippen molar-refractivity contribution in [2.24, 2.45) is 0 Å². The second-order valence-electron chi connectivity index (χ2n) is 6.93. The van der Waals surface area contributed by atoms with Gasteiger partial charge in [0, 0.05) is 35.0 Å². The van der Waals surface area contributed by atoms with Gasteiger partial charge in [-0.3, -0.25) is 9.97 Å². The molecule has 0 spiro atoms. The molecule has 3 rings (SSSR count). The van der Waals surface area contributed by atoms with Gasteiger partial charge in [-0.1, -0.05) is 11.6 Å². The van der Waals surface area contributed by atoms with Crippen LogP contribution >= 0.6 is 11.6 Å². The van der Waals surface area contributed by atoms with E-state index in [0.717, 1.165) is 12.3 Å². The fraction of sp³-hybridized carbons (Fsp3) is 0.250. The average Bonchev–Trinajstić information content (AvgIpc) is 2.67. The largest absolute Gasteiger partial charge is 0.433 e. The molecular formula is C20H18ClF3N4O2. The Labute approximate surface area is 175 Å². The Kier molecular flexibility index (Phi) is 5.87. The third kappa shape index (κ3) is 4.63. The van der Waals surface area contributed by atoms with Gasteiger partial charge in [0.25, 0.3) is 0 Å². The van der Waals surface area contributed by atoms with Crippen LogP contribution in [0.3, 0.4) is 0 Å². The number of hydrogen-bond acceptors (Lipinski definition) is 4. The van der Waals surface area contributed by atoms with E-state index in [-0.39, 0.29) is 5.69 Å². The van der Waals surface area contributed by atoms with Gasteiger partial charge in [0.05, 0.1) is 23.0 Å². The van der Waals surface area contributed by atoms with E-state index in [9.17, 15) is 18.0 Å². The van der Waals surface area contributed by atoms with Gasteiger partial charge in [0.15, 0.2) is 0 Å². The summed E-state index contributed by atoms with van der Waals surface area (Å²) in [7, 11) is 1.52. The summed E-state index contributed by atoms with van der Waals surface area (Å²) in [5, 5.41) is 6.16. The van der Waals surface area contributed by atoms with Gasteiger partial charge >= 0.3 is 12.2 Å². The molecule has 0 aliphatic heterocycles. The first-order chi connectivity index (χ1) is 14.0. The number of rotatable bonds is 4. The SMILES string of the molecule is COC(C)(C)c1c(NC(=O)Nc2ccnc(C(F)(F)F)c2)cnc2ccc(Cl)cc12. The molecule has 0 atom stereocenters. The lowest BCUT2D eigenvalue weighted by Crippen LogP contribution is -2.26. The lowest BCUT2D eigenvalue weighted by molar-refractivity contribution is -0.141.